The molecule has 0 aliphatic heterocycles. The van der Waals surface area contributed by atoms with Crippen LogP contribution in [0.5, 0.6) is 0 Å². The highest BCUT2D eigenvalue weighted by atomic mass is 32.1. The number of hydrogen-bond donors (Lipinski definition) is 0. The third kappa shape index (κ3) is 0.906. The Labute approximate surface area is 78.8 Å². The molecule has 0 N–H and O–H groups in total. The van der Waals surface area contributed by atoms with Crippen molar-refractivity contribution in [1.29, 1.82) is 0 Å². The minimum atomic E-state index is 0.767. The predicted molar refractivity (Wildman–Crippen MR) is 54.1 cm³/mol. The van der Waals surface area contributed by atoms with Crippen LogP contribution in [0.4, 0.5) is 0 Å². The van der Waals surface area contributed by atoms with Crippen molar-refractivity contribution in [3.05, 3.63) is 29.3 Å². The molecule has 0 fully saturated rings. The van der Waals surface area contributed by atoms with Crippen LogP contribution in [0.15, 0.2) is 28.7 Å². The summed E-state index contributed by atoms with van der Waals surface area (Å²) in [7, 11) is 0. The quantitative estimate of drug-likeness (QED) is 0.542. The molecular formula is C10H7NOS. The zero-order chi connectivity index (χ0) is 8.84. The molecule has 13 heavy (non-hydrogen) atoms. The minimum Gasteiger partial charge on any atom is -0.437 e. The number of nitrogens with zero attached hydrogens (tertiary/aromatic N) is 1. The number of aromatic nitrogens is 1. The fourth-order valence-electron chi connectivity index (χ4n) is 1.49. The molecule has 2 aromatic heterocycles. The monoisotopic (exact) mass is 189 g/mol. The van der Waals surface area contributed by atoms with E-state index in [-0.39, 0.29) is 0 Å². The highest BCUT2D eigenvalue weighted by Crippen LogP contribution is 2.32. The molecule has 64 valence electrons. The second kappa shape index (κ2) is 2.33. The molecule has 0 atom stereocenters. The van der Waals surface area contributed by atoms with Crippen LogP contribution in [0, 0.1) is 6.92 Å². The maximum absolute atomic E-state index is 5.57. The molecule has 1 aromatic carbocycles. The van der Waals surface area contributed by atoms with E-state index in [4.69, 9.17) is 4.42 Å². The van der Waals surface area contributed by atoms with Gasteiger partial charge < -0.3 is 4.42 Å². The number of rotatable bonds is 0. The van der Waals surface area contributed by atoms with Crippen LogP contribution in [0.2, 0.25) is 0 Å². The Morgan fingerprint density at radius 1 is 1.31 bits per heavy atom. The summed E-state index contributed by atoms with van der Waals surface area (Å²) in [5, 5.41) is 2.22. The van der Waals surface area contributed by atoms with Crippen LogP contribution >= 0.6 is 11.3 Å². The van der Waals surface area contributed by atoms with Gasteiger partial charge in [0.25, 0.3) is 0 Å². The molecule has 0 radical (unpaired) electrons. The highest BCUT2D eigenvalue weighted by molar-refractivity contribution is 7.19. The molecule has 0 bridgehead atoms. The lowest BCUT2D eigenvalue weighted by atomic mass is 10.3. The van der Waals surface area contributed by atoms with Gasteiger partial charge in [0.1, 0.15) is 10.3 Å². The molecule has 0 amide bonds. The maximum Gasteiger partial charge on any atom is 0.238 e. The van der Waals surface area contributed by atoms with Gasteiger partial charge in [0.05, 0.1) is 5.01 Å². The molecule has 0 aliphatic rings. The first-order chi connectivity index (χ1) is 6.34. The summed E-state index contributed by atoms with van der Waals surface area (Å²) in [4.78, 5) is 4.30. The van der Waals surface area contributed by atoms with Gasteiger partial charge in [0.2, 0.25) is 5.71 Å². The Hall–Kier alpha value is -1.35. The number of benzene rings is 1. The van der Waals surface area contributed by atoms with Crippen LogP contribution in [0.25, 0.3) is 21.4 Å². The van der Waals surface area contributed by atoms with Crippen LogP contribution in [-0.2, 0) is 0 Å². The topological polar surface area (TPSA) is 26.0 Å². The fourth-order valence-corrected chi connectivity index (χ4v) is 2.37. The smallest absolute Gasteiger partial charge is 0.238 e. The van der Waals surface area contributed by atoms with Crippen molar-refractivity contribution < 1.29 is 4.42 Å². The Balaban J connectivity index is 2.60. The van der Waals surface area contributed by atoms with Gasteiger partial charge in [0, 0.05) is 5.39 Å². The average Bonchev–Trinajstić information content (AvgIpc) is 2.60. The lowest BCUT2D eigenvalue weighted by Crippen LogP contribution is -1.62. The van der Waals surface area contributed by atoms with Crippen molar-refractivity contribution in [2.24, 2.45) is 0 Å². The second-order valence-electron chi connectivity index (χ2n) is 2.97. The van der Waals surface area contributed by atoms with Crippen molar-refractivity contribution in [3.8, 4) is 0 Å². The molecule has 2 heterocycles. The number of aryl methyl sites for hydroxylation is 1. The predicted octanol–water partition coefficient (Wildman–Crippen LogP) is 3.35. The van der Waals surface area contributed by atoms with Crippen LogP contribution in [0.1, 0.15) is 5.01 Å². The summed E-state index contributed by atoms with van der Waals surface area (Å²) in [6.07, 6.45) is 0. The van der Waals surface area contributed by atoms with E-state index in [9.17, 15) is 0 Å². The van der Waals surface area contributed by atoms with Gasteiger partial charge in [-0.05, 0) is 19.1 Å². The maximum atomic E-state index is 5.57. The van der Waals surface area contributed by atoms with E-state index < -0.39 is 0 Å². The Bertz CT molecular complexity index is 579. The lowest BCUT2D eigenvalue weighted by molar-refractivity contribution is 0.655. The number of furan rings is 1. The van der Waals surface area contributed by atoms with E-state index in [0.29, 0.717) is 0 Å². The van der Waals surface area contributed by atoms with Crippen molar-refractivity contribution in [3.63, 3.8) is 0 Å². The lowest BCUT2D eigenvalue weighted by Gasteiger charge is -1.84. The van der Waals surface area contributed by atoms with Crippen molar-refractivity contribution in [2.75, 3.05) is 0 Å². The number of fused-ring (bicyclic) bond motifs is 3. The highest BCUT2D eigenvalue weighted by Gasteiger charge is 2.09. The first-order valence-electron chi connectivity index (χ1n) is 4.09. The van der Waals surface area contributed by atoms with Crippen LogP contribution in [0.3, 0.4) is 0 Å². The van der Waals surface area contributed by atoms with Crippen LogP contribution in [-0.4, -0.2) is 4.98 Å². The van der Waals surface area contributed by atoms with Gasteiger partial charge in [-0.2, -0.15) is 0 Å². The van der Waals surface area contributed by atoms with Gasteiger partial charge in [-0.25, -0.2) is 4.98 Å². The summed E-state index contributed by atoms with van der Waals surface area (Å²) in [5.41, 5.74) is 1.69. The van der Waals surface area contributed by atoms with Gasteiger partial charge in [0.15, 0.2) is 0 Å². The van der Waals surface area contributed by atoms with E-state index in [1.807, 2.05) is 25.1 Å². The van der Waals surface area contributed by atoms with Gasteiger partial charge in [-0.1, -0.05) is 12.1 Å². The van der Waals surface area contributed by atoms with Crippen LogP contribution < -0.4 is 0 Å². The molecule has 3 rings (SSSR count). The first-order valence-corrected chi connectivity index (χ1v) is 4.91. The molecule has 0 saturated heterocycles. The summed E-state index contributed by atoms with van der Waals surface area (Å²) < 4.78 is 6.73. The third-order valence-corrected chi connectivity index (χ3v) is 3.03. The molecule has 3 aromatic rings. The van der Waals surface area contributed by atoms with Crippen molar-refractivity contribution in [1.82, 2.24) is 4.98 Å². The normalized spacial score (nSPS) is 11.5. The van der Waals surface area contributed by atoms with E-state index in [0.717, 1.165) is 21.0 Å². The van der Waals surface area contributed by atoms with E-state index in [1.165, 1.54) is 5.39 Å². The summed E-state index contributed by atoms with van der Waals surface area (Å²) in [6, 6.07) is 8.03. The van der Waals surface area contributed by atoms with E-state index >= 15 is 0 Å². The largest absolute Gasteiger partial charge is 0.437 e. The minimum absolute atomic E-state index is 0.767. The van der Waals surface area contributed by atoms with Gasteiger partial charge in [-0.15, -0.1) is 11.3 Å². The molecule has 0 saturated carbocycles. The molecule has 0 aliphatic carbocycles. The Morgan fingerprint density at radius 2 is 2.15 bits per heavy atom. The summed E-state index contributed by atoms with van der Waals surface area (Å²) in [6.45, 7) is 2.00. The van der Waals surface area contributed by atoms with Gasteiger partial charge >= 0.3 is 0 Å². The van der Waals surface area contributed by atoms with Crippen molar-refractivity contribution in [2.45, 2.75) is 6.92 Å². The SMILES string of the molecule is Cc1nc2oc3ccccc3c2s1. The standard InChI is InChI=1S/C10H7NOS/c1-6-11-10-9(13-6)7-4-2-3-5-8(7)12-10/h2-5H,1H3. The second-order valence-corrected chi connectivity index (χ2v) is 4.17. The third-order valence-electron chi connectivity index (χ3n) is 2.04. The Morgan fingerprint density at radius 3 is 3.08 bits per heavy atom. The molecular weight excluding hydrogens is 182 g/mol. The van der Waals surface area contributed by atoms with E-state index in [1.54, 1.807) is 11.3 Å². The zero-order valence-corrected chi connectivity index (χ0v) is 7.89. The average molecular weight is 189 g/mol. The molecule has 0 unspecified atom stereocenters. The zero-order valence-electron chi connectivity index (χ0n) is 7.07. The Kier molecular flexibility index (Phi) is 1.27. The molecule has 3 heteroatoms. The first kappa shape index (κ1) is 7.09. The van der Waals surface area contributed by atoms with Gasteiger partial charge in [-0.3, -0.25) is 0 Å². The number of para-hydroxylation sites is 1. The molecule has 0 spiro atoms. The van der Waals surface area contributed by atoms with E-state index in [2.05, 4.69) is 11.1 Å². The van der Waals surface area contributed by atoms with Crippen molar-refractivity contribution >= 4 is 32.7 Å². The summed E-state index contributed by atoms with van der Waals surface area (Å²) >= 11 is 1.68. The number of thiazole rings is 1. The molecule has 2 nitrogen and oxygen atoms in total. The fraction of sp³-hybridized carbons (Fsp3) is 0.100. The summed E-state index contributed by atoms with van der Waals surface area (Å²) in [5.74, 6) is 0. The number of hydrogen-bond acceptors (Lipinski definition) is 3.